The fourth-order valence-electron chi connectivity index (χ4n) is 4.44. The number of nitrogens with zero attached hydrogens (tertiary/aromatic N) is 3. The summed E-state index contributed by atoms with van der Waals surface area (Å²) < 4.78 is 10.7. The minimum atomic E-state index is -0.226. The van der Waals surface area contributed by atoms with Crippen LogP contribution in [0.3, 0.4) is 0 Å². The van der Waals surface area contributed by atoms with E-state index in [0.717, 1.165) is 43.9 Å². The average Bonchev–Trinajstić information content (AvgIpc) is 3.38. The van der Waals surface area contributed by atoms with Gasteiger partial charge in [0.1, 0.15) is 0 Å². The second-order valence-electron chi connectivity index (χ2n) is 8.33. The first-order valence-corrected chi connectivity index (χ1v) is 12.3. The van der Waals surface area contributed by atoms with E-state index in [4.69, 9.17) is 9.47 Å². The number of hydrogen-bond donors (Lipinski definition) is 2. The Balaban J connectivity index is 1.33. The Bertz CT molecular complexity index is 1250. The summed E-state index contributed by atoms with van der Waals surface area (Å²) in [6, 6.07) is 9.03. The zero-order valence-corrected chi connectivity index (χ0v) is 20.5. The Morgan fingerprint density at radius 2 is 1.94 bits per heavy atom. The van der Waals surface area contributed by atoms with Crippen molar-refractivity contribution in [1.29, 1.82) is 0 Å². The van der Waals surface area contributed by atoms with Gasteiger partial charge in [-0.3, -0.25) is 19.5 Å². The summed E-state index contributed by atoms with van der Waals surface area (Å²) in [7, 11) is 3.11. The van der Waals surface area contributed by atoms with Gasteiger partial charge in [0.05, 0.1) is 48.2 Å². The Morgan fingerprint density at radius 3 is 2.77 bits per heavy atom. The molecule has 2 aliphatic heterocycles. The van der Waals surface area contributed by atoms with Crippen LogP contribution in [0.15, 0.2) is 42.7 Å². The summed E-state index contributed by atoms with van der Waals surface area (Å²) in [5.41, 5.74) is 3.08. The Labute approximate surface area is 207 Å². The summed E-state index contributed by atoms with van der Waals surface area (Å²) in [5, 5.41) is 7.12. The van der Waals surface area contributed by atoms with E-state index in [2.05, 4.69) is 20.5 Å². The average molecular weight is 494 g/mol. The van der Waals surface area contributed by atoms with Crippen molar-refractivity contribution in [2.75, 3.05) is 55.5 Å². The summed E-state index contributed by atoms with van der Waals surface area (Å²) in [6.07, 6.45) is 4.46. The number of pyridine rings is 1. The van der Waals surface area contributed by atoms with Gasteiger partial charge < -0.3 is 25.0 Å². The molecule has 10 heteroatoms. The number of aromatic nitrogens is 1. The van der Waals surface area contributed by atoms with Gasteiger partial charge in [-0.25, -0.2) is 0 Å². The van der Waals surface area contributed by atoms with E-state index in [1.807, 2.05) is 18.2 Å². The Kier molecular flexibility index (Phi) is 6.56. The van der Waals surface area contributed by atoms with E-state index in [1.165, 1.54) is 11.3 Å². The van der Waals surface area contributed by atoms with Gasteiger partial charge in [0.15, 0.2) is 11.5 Å². The lowest BCUT2D eigenvalue weighted by atomic mass is 10.1. The van der Waals surface area contributed by atoms with E-state index in [9.17, 15) is 9.59 Å². The molecule has 2 aliphatic rings. The second-order valence-corrected chi connectivity index (χ2v) is 9.39. The number of rotatable bonds is 6. The molecule has 0 unspecified atom stereocenters. The molecular formula is C25H27N5O4S. The van der Waals surface area contributed by atoms with Gasteiger partial charge in [0.25, 0.3) is 11.8 Å². The predicted molar refractivity (Wildman–Crippen MR) is 136 cm³/mol. The maximum Gasteiger partial charge on any atom is 0.265 e. The van der Waals surface area contributed by atoms with E-state index in [-0.39, 0.29) is 11.8 Å². The molecule has 0 bridgehead atoms. The molecule has 0 aliphatic carbocycles. The summed E-state index contributed by atoms with van der Waals surface area (Å²) in [4.78, 5) is 34.9. The number of hydrogen-bond acceptors (Lipinski definition) is 8. The standard InChI is InChI=1S/C25H27N5O4S/c1-33-20-12-16-15-30(25(32)17(16)13-21(20)34-2)23-5-4-22(35-23)24(31)28-18-14-27-8-6-19(18)29-10-3-7-26-9-11-29/h4-6,8,12-14,26H,3,7,9-11,15H2,1-2H3,(H,28,31). The molecule has 2 amide bonds. The third-order valence-corrected chi connectivity index (χ3v) is 7.33. The van der Waals surface area contributed by atoms with Crippen molar-refractivity contribution in [3.8, 4) is 11.5 Å². The highest BCUT2D eigenvalue weighted by atomic mass is 32.1. The maximum atomic E-state index is 13.1. The van der Waals surface area contributed by atoms with E-state index in [1.54, 1.807) is 43.6 Å². The predicted octanol–water partition coefficient (Wildman–Crippen LogP) is 3.37. The highest BCUT2D eigenvalue weighted by Gasteiger charge is 2.31. The van der Waals surface area contributed by atoms with Crippen LogP contribution < -0.4 is 29.9 Å². The van der Waals surface area contributed by atoms with Gasteiger partial charge in [-0.2, -0.15) is 0 Å². The first-order chi connectivity index (χ1) is 17.1. The quantitative estimate of drug-likeness (QED) is 0.544. The lowest BCUT2D eigenvalue weighted by Crippen LogP contribution is -2.29. The molecule has 35 heavy (non-hydrogen) atoms. The van der Waals surface area contributed by atoms with Crippen LogP contribution in [0.5, 0.6) is 11.5 Å². The van der Waals surface area contributed by atoms with Crippen LogP contribution >= 0.6 is 11.3 Å². The van der Waals surface area contributed by atoms with Crippen LogP contribution in [0.4, 0.5) is 16.4 Å². The van der Waals surface area contributed by atoms with Crippen molar-refractivity contribution in [3.05, 3.63) is 58.7 Å². The number of carbonyl (C=O) groups is 2. The monoisotopic (exact) mass is 493 g/mol. The Morgan fingerprint density at radius 1 is 1.11 bits per heavy atom. The summed E-state index contributed by atoms with van der Waals surface area (Å²) >= 11 is 1.28. The van der Waals surface area contributed by atoms with Crippen LogP contribution in [0.25, 0.3) is 0 Å². The molecule has 2 N–H and O–H groups in total. The number of anilines is 3. The molecule has 1 aromatic carbocycles. The lowest BCUT2D eigenvalue weighted by molar-refractivity contribution is 0.0994. The number of benzene rings is 1. The smallest absolute Gasteiger partial charge is 0.265 e. The fraction of sp³-hybridized carbons (Fsp3) is 0.320. The van der Waals surface area contributed by atoms with Crippen LogP contribution in [0.1, 0.15) is 32.0 Å². The molecular weight excluding hydrogens is 466 g/mol. The molecule has 2 aromatic heterocycles. The summed E-state index contributed by atoms with van der Waals surface area (Å²) in [6.45, 7) is 4.07. The number of carbonyl (C=O) groups excluding carboxylic acids is 2. The number of nitrogens with one attached hydrogen (secondary N) is 2. The van der Waals surface area contributed by atoms with Gasteiger partial charge in [0, 0.05) is 31.4 Å². The van der Waals surface area contributed by atoms with Crippen LogP contribution in [0.2, 0.25) is 0 Å². The van der Waals surface area contributed by atoms with E-state index >= 15 is 0 Å². The molecule has 4 heterocycles. The molecule has 0 saturated carbocycles. The minimum Gasteiger partial charge on any atom is -0.493 e. The fourth-order valence-corrected chi connectivity index (χ4v) is 5.34. The molecule has 182 valence electrons. The van der Waals surface area contributed by atoms with Crippen molar-refractivity contribution < 1.29 is 19.1 Å². The van der Waals surface area contributed by atoms with Crippen molar-refractivity contribution >= 4 is 39.5 Å². The zero-order valence-electron chi connectivity index (χ0n) is 19.7. The van der Waals surface area contributed by atoms with Crippen LogP contribution in [-0.2, 0) is 6.54 Å². The molecule has 0 radical (unpaired) electrons. The molecule has 1 saturated heterocycles. The number of amides is 2. The number of ether oxygens (including phenoxy) is 2. The van der Waals surface area contributed by atoms with Crippen molar-refractivity contribution in [2.45, 2.75) is 13.0 Å². The van der Waals surface area contributed by atoms with Crippen LogP contribution in [0, 0.1) is 0 Å². The van der Waals surface area contributed by atoms with Crippen molar-refractivity contribution in [1.82, 2.24) is 10.3 Å². The first kappa shape index (κ1) is 23.1. The van der Waals surface area contributed by atoms with Gasteiger partial charge in [-0.1, -0.05) is 0 Å². The first-order valence-electron chi connectivity index (χ1n) is 11.5. The number of thiophene rings is 1. The molecule has 0 atom stereocenters. The van der Waals surface area contributed by atoms with Gasteiger partial charge >= 0.3 is 0 Å². The molecule has 5 rings (SSSR count). The topological polar surface area (TPSA) is 96.0 Å². The molecule has 9 nitrogen and oxygen atoms in total. The van der Waals surface area contributed by atoms with E-state index in [0.29, 0.717) is 39.2 Å². The third kappa shape index (κ3) is 4.54. The van der Waals surface area contributed by atoms with Crippen molar-refractivity contribution in [2.24, 2.45) is 0 Å². The largest absolute Gasteiger partial charge is 0.493 e. The SMILES string of the molecule is COc1cc2c(cc1OC)C(=O)N(c1ccc(C(=O)Nc3cnccc3N3CCCNCC3)s1)C2. The van der Waals surface area contributed by atoms with Crippen LogP contribution in [-0.4, -0.2) is 57.2 Å². The summed E-state index contributed by atoms with van der Waals surface area (Å²) in [5.74, 6) is 0.745. The second kappa shape index (κ2) is 9.93. The highest BCUT2D eigenvalue weighted by Crippen LogP contribution is 2.39. The van der Waals surface area contributed by atoms with Gasteiger partial charge in [-0.05, 0) is 48.9 Å². The zero-order chi connectivity index (χ0) is 24.4. The van der Waals surface area contributed by atoms with Gasteiger partial charge in [-0.15, -0.1) is 11.3 Å². The molecule has 3 aromatic rings. The lowest BCUT2D eigenvalue weighted by Gasteiger charge is -2.24. The highest BCUT2D eigenvalue weighted by molar-refractivity contribution is 7.18. The number of methoxy groups -OCH3 is 2. The van der Waals surface area contributed by atoms with Gasteiger partial charge in [0.2, 0.25) is 0 Å². The maximum absolute atomic E-state index is 13.1. The Hall–Kier alpha value is -3.63. The molecule has 1 fully saturated rings. The van der Waals surface area contributed by atoms with E-state index < -0.39 is 0 Å². The third-order valence-electron chi connectivity index (χ3n) is 6.22. The van der Waals surface area contributed by atoms with Crippen molar-refractivity contribution in [3.63, 3.8) is 0 Å². The normalized spacial score (nSPS) is 15.5. The number of fused-ring (bicyclic) bond motifs is 1. The molecule has 0 spiro atoms. The minimum absolute atomic E-state index is 0.126.